The van der Waals surface area contributed by atoms with Crippen LogP contribution in [0.3, 0.4) is 0 Å². The lowest BCUT2D eigenvalue weighted by Gasteiger charge is -2.14. The van der Waals surface area contributed by atoms with Crippen molar-refractivity contribution in [1.82, 2.24) is 10.6 Å². The van der Waals surface area contributed by atoms with Crippen molar-refractivity contribution in [1.29, 1.82) is 0 Å². The maximum Gasteiger partial charge on any atom is 0.0234 e. The summed E-state index contributed by atoms with van der Waals surface area (Å²) in [6, 6.07) is 0. The fourth-order valence-corrected chi connectivity index (χ4v) is 1.98. The Bertz CT molecular complexity index is 171. The topological polar surface area (TPSA) is 24.1 Å². The summed E-state index contributed by atoms with van der Waals surface area (Å²) in [5.74, 6) is 1.03. The highest BCUT2D eigenvalue weighted by atomic mass is 14.9. The molecule has 0 amide bonds. The van der Waals surface area contributed by atoms with Crippen LogP contribution in [0, 0.1) is 11.8 Å². The van der Waals surface area contributed by atoms with Crippen molar-refractivity contribution in [3.8, 4) is 0 Å². The summed E-state index contributed by atoms with van der Waals surface area (Å²) in [5, 5.41) is 6.90. The Morgan fingerprint density at radius 1 is 0.833 bits per heavy atom. The first-order chi connectivity index (χ1) is 9.78. The average molecular weight is 258 g/mol. The minimum absolute atomic E-state index is 0.514. The fraction of sp³-hybridized carbons (Fsp3) is 1.00. The van der Waals surface area contributed by atoms with Crippen LogP contribution in [0.5, 0.6) is 0 Å². The van der Waals surface area contributed by atoms with E-state index in [2.05, 4.69) is 24.5 Å². The Balaban J connectivity index is 3.45. The zero-order chi connectivity index (χ0) is 15.1. The maximum absolute atomic E-state index is 7.52. The molecule has 0 aromatic rings. The summed E-state index contributed by atoms with van der Waals surface area (Å²) < 4.78 is 15.0. The van der Waals surface area contributed by atoms with E-state index in [0.717, 1.165) is 26.2 Å². The van der Waals surface area contributed by atoms with Crippen LogP contribution in [0.25, 0.3) is 0 Å². The summed E-state index contributed by atoms with van der Waals surface area (Å²) >= 11 is 0. The lowest BCUT2D eigenvalue weighted by atomic mass is 10.0. The molecule has 2 heteroatoms. The second-order valence-electron chi connectivity index (χ2n) is 5.42. The van der Waals surface area contributed by atoms with Crippen molar-refractivity contribution in [3.05, 3.63) is 0 Å². The van der Waals surface area contributed by atoms with Gasteiger partial charge in [0, 0.05) is 15.8 Å². The van der Waals surface area contributed by atoms with E-state index in [1.54, 1.807) is 0 Å². The molecule has 0 aliphatic rings. The second-order valence-corrected chi connectivity index (χ2v) is 5.42. The highest BCUT2D eigenvalue weighted by molar-refractivity contribution is 4.61. The molecule has 110 valence electrons. The summed E-state index contributed by atoms with van der Waals surface area (Å²) in [4.78, 5) is 0. The number of rotatable bonds is 13. The Hall–Kier alpha value is -0.0800. The molecule has 0 saturated carbocycles. The van der Waals surface area contributed by atoms with Crippen LogP contribution in [0.2, 0.25) is 0 Å². The Labute approximate surface area is 118 Å². The van der Waals surface area contributed by atoms with E-state index >= 15 is 0 Å². The third-order valence-electron chi connectivity index (χ3n) is 3.28. The lowest BCUT2D eigenvalue weighted by molar-refractivity contribution is 0.440. The van der Waals surface area contributed by atoms with Gasteiger partial charge in [0.25, 0.3) is 0 Å². The van der Waals surface area contributed by atoms with E-state index in [1.165, 1.54) is 38.5 Å². The zero-order valence-electron chi connectivity index (χ0n) is 14.6. The second kappa shape index (κ2) is 13.4. The molecule has 0 heterocycles. The predicted molar refractivity (Wildman–Crippen MR) is 83.1 cm³/mol. The lowest BCUT2D eigenvalue weighted by Crippen LogP contribution is -2.32. The quantitative estimate of drug-likeness (QED) is 0.491. The monoisotopic (exact) mass is 258 g/mol. The zero-order valence-corrected chi connectivity index (χ0v) is 12.6. The van der Waals surface area contributed by atoms with Gasteiger partial charge < -0.3 is 10.6 Å². The van der Waals surface area contributed by atoms with Crippen molar-refractivity contribution in [3.63, 3.8) is 0 Å². The largest absolute Gasteiger partial charge is 0.315 e. The van der Waals surface area contributed by atoms with Crippen LogP contribution in [0.15, 0.2) is 0 Å². The molecular formula is C16H36N2. The van der Waals surface area contributed by atoms with Gasteiger partial charge in [0.05, 0.1) is 0 Å². The molecule has 18 heavy (non-hydrogen) atoms. The fourth-order valence-electron chi connectivity index (χ4n) is 1.98. The molecule has 0 aliphatic heterocycles. The van der Waals surface area contributed by atoms with E-state index in [0.29, 0.717) is 25.6 Å². The Morgan fingerprint density at radius 3 is 1.61 bits per heavy atom. The molecule has 0 aliphatic carbocycles. The van der Waals surface area contributed by atoms with Gasteiger partial charge in [-0.25, -0.2) is 0 Å². The first-order valence-electron chi connectivity index (χ1n) is 9.19. The molecule has 0 aromatic heterocycles. The molecule has 2 unspecified atom stereocenters. The summed E-state index contributed by atoms with van der Waals surface area (Å²) in [6.45, 7) is 9.39. The van der Waals surface area contributed by atoms with Gasteiger partial charge in [0.2, 0.25) is 0 Å². The van der Waals surface area contributed by atoms with E-state index in [9.17, 15) is 0 Å². The van der Waals surface area contributed by atoms with E-state index < -0.39 is 0 Å². The van der Waals surface area contributed by atoms with Crippen LogP contribution in [0.1, 0.15) is 68.9 Å². The molecule has 0 fully saturated rings. The molecular weight excluding hydrogens is 220 g/mol. The first-order valence-corrected chi connectivity index (χ1v) is 7.78. The van der Waals surface area contributed by atoms with Gasteiger partial charge in [0.1, 0.15) is 0 Å². The average Bonchev–Trinajstić information content (AvgIpc) is 2.48. The highest BCUT2D eigenvalue weighted by Crippen LogP contribution is 2.06. The molecule has 0 saturated heterocycles. The van der Waals surface area contributed by atoms with Crippen molar-refractivity contribution < 1.29 is 2.74 Å². The first kappa shape index (κ1) is 14.3. The third-order valence-corrected chi connectivity index (χ3v) is 3.28. The standard InChI is InChI=1S/C16H36N2/c1-5-7-9-15(3)13-17-11-12-18-14-16(4)10-8-6-2/h15-18H,5-14H2,1-4H3/i3D,4D. The van der Waals surface area contributed by atoms with E-state index in [-0.39, 0.29) is 0 Å². The summed E-state index contributed by atoms with van der Waals surface area (Å²) in [5.41, 5.74) is 0. The van der Waals surface area contributed by atoms with Crippen LogP contribution in [-0.4, -0.2) is 26.2 Å². The minimum atomic E-state index is 0.514. The van der Waals surface area contributed by atoms with Gasteiger partial charge >= 0.3 is 0 Å². The number of nitrogens with one attached hydrogen (secondary N) is 2. The maximum atomic E-state index is 7.52. The van der Waals surface area contributed by atoms with Crippen molar-refractivity contribution in [2.75, 3.05) is 26.2 Å². The molecule has 2 nitrogen and oxygen atoms in total. The normalized spacial score (nSPS) is 16.1. The molecule has 0 spiro atoms. The predicted octanol–water partition coefficient (Wildman–Crippen LogP) is 3.82. The van der Waals surface area contributed by atoms with Gasteiger partial charge in [-0.1, -0.05) is 53.3 Å². The van der Waals surface area contributed by atoms with Gasteiger partial charge in [0.15, 0.2) is 0 Å². The van der Waals surface area contributed by atoms with Crippen LogP contribution >= 0.6 is 0 Å². The van der Waals surface area contributed by atoms with Crippen LogP contribution in [-0.2, 0) is 0 Å². The number of hydrogen-bond donors (Lipinski definition) is 2. The minimum Gasteiger partial charge on any atom is -0.315 e. The molecule has 0 rings (SSSR count). The molecule has 2 atom stereocenters. The van der Waals surface area contributed by atoms with Crippen LogP contribution in [0.4, 0.5) is 0 Å². The number of hydrogen-bond acceptors (Lipinski definition) is 2. The molecule has 0 bridgehead atoms. The number of unbranched alkanes of at least 4 members (excludes halogenated alkanes) is 2. The van der Waals surface area contributed by atoms with Gasteiger partial charge in [-0.15, -0.1) is 0 Å². The van der Waals surface area contributed by atoms with Crippen molar-refractivity contribution in [2.45, 2.75) is 66.2 Å². The Morgan fingerprint density at radius 2 is 1.28 bits per heavy atom. The van der Waals surface area contributed by atoms with Gasteiger partial charge in [-0.3, -0.25) is 0 Å². The van der Waals surface area contributed by atoms with Crippen molar-refractivity contribution in [2.24, 2.45) is 11.8 Å². The van der Waals surface area contributed by atoms with E-state index in [4.69, 9.17) is 2.74 Å². The smallest absolute Gasteiger partial charge is 0.0234 e. The summed E-state index contributed by atoms with van der Waals surface area (Å²) in [6.07, 6.45) is 7.30. The highest BCUT2D eigenvalue weighted by Gasteiger charge is 2.01. The van der Waals surface area contributed by atoms with Crippen molar-refractivity contribution >= 4 is 0 Å². The Kier molecular flexibility index (Phi) is 10.6. The molecule has 0 aromatic carbocycles. The SMILES string of the molecule is [2H]CC(CCCC)CNCCNCC(C[2H])CCCC. The van der Waals surface area contributed by atoms with E-state index in [1.807, 2.05) is 0 Å². The van der Waals surface area contributed by atoms with Crippen LogP contribution < -0.4 is 10.6 Å². The third kappa shape index (κ3) is 12.4. The van der Waals surface area contributed by atoms with Gasteiger partial charge in [-0.2, -0.15) is 0 Å². The summed E-state index contributed by atoms with van der Waals surface area (Å²) in [7, 11) is 0. The molecule has 2 N–H and O–H groups in total. The van der Waals surface area contributed by atoms with Gasteiger partial charge in [-0.05, 0) is 37.8 Å². The molecule has 0 radical (unpaired) electrons.